The van der Waals surface area contributed by atoms with Gasteiger partial charge in [0.2, 0.25) is 0 Å². The molecule has 0 unspecified atom stereocenters. The minimum Gasteiger partial charge on any atom is -0.364 e. The van der Waals surface area contributed by atoms with Crippen LogP contribution in [0.3, 0.4) is 0 Å². The topological polar surface area (TPSA) is 37.8 Å². The zero-order valence-corrected chi connectivity index (χ0v) is 10.7. The molecule has 0 atom stereocenters. The first-order valence-electron chi connectivity index (χ1n) is 5.72. The van der Waals surface area contributed by atoms with Crippen molar-refractivity contribution < 1.29 is 8.78 Å². The molecule has 0 fully saturated rings. The molecule has 0 aromatic carbocycles. The van der Waals surface area contributed by atoms with Crippen LogP contribution in [0.15, 0.2) is 36.5 Å². The molecule has 2 aromatic rings. The van der Waals surface area contributed by atoms with Gasteiger partial charge >= 0.3 is 0 Å². The maximum absolute atomic E-state index is 12.1. The van der Waals surface area contributed by atoms with Crippen LogP contribution < -0.4 is 5.32 Å². The standard InChI is InChI=1S/C13H12ClF2N3/c14-11-5-4-9(7-17-11)6-10-2-1-3-13(19-10)18-8-12(15)16/h1-5,7,12H,6,8H2,(H,18,19). The van der Waals surface area contributed by atoms with E-state index in [0.717, 1.165) is 11.3 Å². The van der Waals surface area contributed by atoms with Crippen LogP contribution in [-0.2, 0) is 6.42 Å². The number of halogens is 3. The van der Waals surface area contributed by atoms with Gasteiger partial charge in [0.15, 0.2) is 0 Å². The molecule has 0 bridgehead atoms. The molecule has 19 heavy (non-hydrogen) atoms. The van der Waals surface area contributed by atoms with Gasteiger partial charge in [-0.1, -0.05) is 23.7 Å². The summed E-state index contributed by atoms with van der Waals surface area (Å²) < 4.78 is 24.2. The zero-order chi connectivity index (χ0) is 13.7. The number of pyridine rings is 2. The average molecular weight is 284 g/mol. The quantitative estimate of drug-likeness (QED) is 0.855. The Morgan fingerprint density at radius 3 is 2.74 bits per heavy atom. The largest absolute Gasteiger partial charge is 0.364 e. The SMILES string of the molecule is FC(F)CNc1cccc(Cc2ccc(Cl)nc2)n1. The van der Waals surface area contributed by atoms with Crippen LogP contribution in [0.2, 0.25) is 5.15 Å². The molecule has 0 aliphatic rings. The van der Waals surface area contributed by atoms with E-state index in [2.05, 4.69) is 15.3 Å². The molecule has 3 nitrogen and oxygen atoms in total. The van der Waals surface area contributed by atoms with Crippen molar-refractivity contribution in [2.24, 2.45) is 0 Å². The first-order valence-corrected chi connectivity index (χ1v) is 6.09. The summed E-state index contributed by atoms with van der Waals surface area (Å²) in [5.74, 6) is 0.444. The minimum absolute atomic E-state index is 0.404. The highest BCUT2D eigenvalue weighted by atomic mass is 35.5. The number of rotatable bonds is 5. The Kier molecular flexibility index (Phi) is 4.63. The van der Waals surface area contributed by atoms with E-state index in [4.69, 9.17) is 11.6 Å². The van der Waals surface area contributed by atoms with Crippen molar-refractivity contribution >= 4 is 17.4 Å². The third kappa shape index (κ3) is 4.44. The van der Waals surface area contributed by atoms with Gasteiger partial charge in [-0.05, 0) is 23.8 Å². The molecule has 0 amide bonds. The summed E-state index contributed by atoms with van der Waals surface area (Å²) in [4.78, 5) is 8.24. The summed E-state index contributed by atoms with van der Waals surface area (Å²) >= 11 is 5.70. The first kappa shape index (κ1) is 13.7. The summed E-state index contributed by atoms with van der Waals surface area (Å²) in [5, 5.41) is 3.02. The second-order valence-electron chi connectivity index (χ2n) is 3.95. The second-order valence-corrected chi connectivity index (χ2v) is 4.34. The zero-order valence-electron chi connectivity index (χ0n) is 9.98. The normalized spacial score (nSPS) is 10.7. The fourth-order valence-electron chi connectivity index (χ4n) is 1.58. The molecule has 0 aliphatic heterocycles. The van der Waals surface area contributed by atoms with Crippen molar-refractivity contribution in [3.63, 3.8) is 0 Å². The Labute approximate surface area is 114 Å². The summed E-state index contributed by atoms with van der Waals surface area (Å²) in [6, 6.07) is 8.83. The summed E-state index contributed by atoms with van der Waals surface area (Å²) in [6.45, 7) is -0.404. The van der Waals surface area contributed by atoms with Crippen molar-refractivity contribution in [3.8, 4) is 0 Å². The van der Waals surface area contributed by atoms with Crippen molar-refractivity contribution in [2.45, 2.75) is 12.8 Å². The van der Waals surface area contributed by atoms with Gasteiger partial charge in [-0.3, -0.25) is 0 Å². The second kappa shape index (κ2) is 6.43. The third-order valence-electron chi connectivity index (χ3n) is 2.42. The molecule has 0 radical (unpaired) electrons. The van der Waals surface area contributed by atoms with E-state index in [1.807, 2.05) is 12.1 Å². The van der Waals surface area contributed by atoms with Gasteiger partial charge in [0.25, 0.3) is 6.43 Å². The van der Waals surface area contributed by atoms with E-state index in [1.165, 1.54) is 0 Å². The Bertz CT molecular complexity index is 532. The molecule has 2 heterocycles. The number of aromatic nitrogens is 2. The molecular formula is C13H12ClF2N3. The lowest BCUT2D eigenvalue weighted by Crippen LogP contribution is -2.11. The van der Waals surface area contributed by atoms with Crippen LogP contribution in [-0.4, -0.2) is 22.9 Å². The van der Waals surface area contributed by atoms with Crippen molar-refractivity contribution in [2.75, 3.05) is 11.9 Å². The number of hydrogen-bond donors (Lipinski definition) is 1. The van der Waals surface area contributed by atoms with Crippen LogP contribution in [0, 0.1) is 0 Å². The number of alkyl halides is 2. The number of hydrogen-bond acceptors (Lipinski definition) is 3. The summed E-state index contributed by atoms with van der Waals surface area (Å²) in [7, 11) is 0. The fourth-order valence-corrected chi connectivity index (χ4v) is 1.69. The van der Waals surface area contributed by atoms with Crippen LogP contribution in [0.25, 0.3) is 0 Å². The lowest BCUT2D eigenvalue weighted by atomic mass is 10.1. The van der Waals surface area contributed by atoms with E-state index in [0.29, 0.717) is 17.4 Å². The molecule has 6 heteroatoms. The lowest BCUT2D eigenvalue weighted by molar-refractivity contribution is 0.163. The highest BCUT2D eigenvalue weighted by Crippen LogP contribution is 2.12. The van der Waals surface area contributed by atoms with Crippen molar-refractivity contribution in [3.05, 3.63) is 52.9 Å². The summed E-state index contributed by atoms with van der Waals surface area (Å²) in [5.41, 5.74) is 1.74. The molecule has 2 aromatic heterocycles. The predicted molar refractivity (Wildman–Crippen MR) is 70.8 cm³/mol. The maximum Gasteiger partial charge on any atom is 0.255 e. The van der Waals surface area contributed by atoms with Gasteiger partial charge in [-0.15, -0.1) is 0 Å². The van der Waals surface area contributed by atoms with E-state index in [1.54, 1.807) is 24.4 Å². The molecule has 0 spiro atoms. The lowest BCUT2D eigenvalue weighted by Gasteiger charge is -2.07. The molecule has 2 rings (SSSR count). The van der Waals surface area contributed by atoms with Crippen LogP contribution in [0.1, 0.15) is 11.3 Å². The molecule has 0 saturated heterocycles. The van der Waals surface area contributed by atoms with Gasteiger partial charge < -0.3 is 5.32 Å². The van der Waals surface area contributed by atoms with Crippen molar-refractivity contribution in [1.29, 1.82) is 0 Å². The molecular weight excluding hydrogens is 272 g/mol. The van der Waals surface area contributed by atoms with E-state index >= 15 is 0 Å². The monoisotopic (exact) mass is 283 g/mol. The Balaban J connectivity index is 2.04. The number of anilines is 1. The Morgan fingerprint density at radius 1 is 1.21 bits per heavy atom. The minimum atomic E-state index is -2.40. The van der Waals surface area contributed by atoms with Crippen LogP contribution >= 0.6 is 11.6 Å². The van der Waals surface area contributed by atoms with Crippen LogP contribution in [0.4, 0.5) is 14.6 Å². The van der Waals surface area contributed by atoms with E-state index in [9.17, 15) is 8.78 Å². The molecule has 0 saturated carbocycles. The van der Waals surface area contributed by atoms with Gasteiger partial charge in [-0.2, -0.15) is 0 Å². The van der Waals surface area contributed by atoms with Gasteiger partial charge in [0.05, 0.1) is 6.54 Å². The van der Waals surface area contributed by atoms with Gasteiger partial charge in [0, 0.05) is 18.3 Å². The molecule has 1 N–H and O–H groups in total. The fraction of sp³-hybridized carbons (Fsp3) is 0.231. The van der Waals surface area contributed by atoms with Crippen molar-refractivity contribution in [1.82, 2.24) is 9.97 Å². The Hall–Kier alpha value is -1.75. The van der Waals surface area contributed by atoms with E-state index < -0.39 is 13.0 Å². The average Bonchev–Trinajstić information content (AvgIpc) is 2.40. The van der Waals surface area contributed by atoms with Gasteiger partial charge in [-0.25, -0.2) is 18.7 Å². The van der Waals surface area contributed by atoms with E-state index in [-0.39, 0.29) is 0 Å². The van der Waals surface area contributed by atoms with Crippen LogP contribution in [0.5, 0.6) is 0 Å². The summed E-state index contributed by atoms with van der Waals surface area (Å²) in [6.07, 6.45) is -0.150. The number of nitrogens with one attached hydrogen (secondary N) is 1. The molecule has 0 aliphatic carbocycles. The Morgan fingerprint density at radius 2 is 2.05 bits per heavy atom. The highest BCUT2D eigenvalue weighted by Gasteiger charge is 2.04. The van der Waals surface area contributed by atoms with Gasteiger partial charge in [0.1, 0.15) is 11.0 Å². The number of nitrogens with zero attached hydrogens (tertiary/aromatic N) is 2. The third-order valence-corrected chi connectivity index (χ3v) is 2.64. The maximum atomic E-state index is 12.1. The molecule has 100 valence electrons. The highest BCUT2D eigenvalue weighted by molar-refractivity contribution is 6.29. The predicted octanol–water partition coefficient (Wildman–Crippen LogP) is 3.40. The first-order chi connectivity index (χ1) is 9.13. The smallest absolute Gasteiger partial charge is 0.255 e.